The number of aliphatic carboxylic acids is 1. The van der Waals surface area contributed by atoms with E-state index in [9.17, 15) is 4.79 Å². The average molecular weight is 196 g/mol. The summed E-state index contributed by atoms with van der Waals surface area (Å²) in [5.41, 5.74) is 0.327. The molecule has 3 nitrogen and oxygen atoms in total. The predicted molar refractivity (Wildman–Crippen MR) is 52.0 cm³/mol. The first-order valence-electron chi connectivity index (χ1n) is 5.25. The molecular formula is C11H16O3. The largest absolute Gasteiger partial charge is 0.478 e. The molecule has 0 amide bonds. The van der Waals surface area contributed by atoms with Gasteiger partial charge in [-0.15, -0.1) is 0 Å². The standard InChI is InChI=1S/C11H16O3/c1-7(11(12)13)5-6-8-3-2-4-9-10(8)14-9/h8-10H,1-6H2,(H,12,13). The van der Waals surface area contributed by atoms with Crippen LogP contribution in [0, 0.1) is 5.92 Å². The first-order chi connectivity index (χ1) is 6.68. The van der Waals surface area contributed by atoms with Crippen LogP contribution in [0.25, 0.3) is 0 Å². The van der Waals surface area contributed by atoms with Crippen LogP contribution in [-0.4, -0.2) is 23.3 Å². The topological polar surface area (TPSA) is 49.8 Å². The second-order valence-corrected chi connectivity index (χ2v) is 4.28. The first-order valence-corrected chi connectivity index (χ1v) is 5.25. The van der Waals surface area contributed by atoms with Crippen LogP contribution < -0.4 is 0 Å². The fourth-order valence-electron chi connectivity index (χ4n) is 2.32. The zero-order valence-corrected chi connectivity index (χ0v) is 8.24. The van der Waals surface area contributed by atoms with E-state index in [0.29, 0.717) is 30.1 Å². The highest BCUT2D eigenvalue weighted by molar-refractivity contribution is 5.85. The predicted octanol–water partition coefficient (Wildman–Crippen LogP) is 1.97. The van der Waals surface area contributed by atoms with Crippen molar-refractivity contribution in [1.29, 1.82) is 0 Å². The smallest absolute Gasteiger partial charge is 0.330 e. The number of epoxide rings is 1. The van der Waals surface area contributed by atoms with Gasteiger partial charge in [-0.2, -0.15) is 0 Å². The number of hydrogen-bond acceptors (Lipinski definition) is 2. The van der Waals surface area contributed by atoms with Crippen molar-refractivity contribution in [2.45, 2.75) is 44.3 Å². The maximum absolute atomic E-state index is 10.5. The molecule has 2 fully saturated rings. The number of carboxylic acids is 1. The summed E-state index contributed by atoms with van der Waals surface area (Å²) in [6.07, 6.45) is 6.07. The summed E-state index contributed by atoms with van der Waals surface area (Å²) < 4.78 is 5.51. The fourth-order valence-corrected chi connectivity index (χ4v) is 2.32. The molecule has 0 bridgehead atoms. The van der Waals surface area contributed by atoms with Crippen molar-refractivity contribution in [3.63, 3.8) is 0 Å². The van der Waals surface area contributed by atoms with Crippen LogP contribution in [0.15, 0.2) is 12.2 Å². The van der Waals surface area contributed by atoms with Crippen molar-refractivity contribution >= 4 is 5.97 Å². The minimum atomic E-state index is -0.867. The third kappa shape index (κ3) is 1.98. The Hall–Kier alpha value is -0.830. The van der Waals surface area contributed by atoms with Crippen molar-refractivity contribution < 1.29 is 14.6 Å². The van der Waals surface area contributed by atoms with E-state index in [1.165, 1.54) is 19.3 Å². The van der Waals surface area contributed by atoms with E-state index in [1.54, 1.807) is 0 Å². The van der Waals surface area contributed by atoms with E-state index in [1.807, 2.05) is 0 Å². The van der Waals surface area contributed by atoms with Crippen molar-refractivity contribution in [2.24, 2.45) is 5.92 Å². The number of rotatable bonds is 4. The Morgan fingerprint density at radius 3 is 3.00 bits per heavy atom. The van der Waals surface area contributed by atoms with E-state index in [4.69, 9.17) is 9.84 Å². The average Bonchev–Trinajstić information content (AvgIpc) is 2.92. The molecule has 1 saturated heterocycles. The fraction of sp³-hybridized carbons (Fsp3) is 0.727. The molecule has 1 N–H and O–H groups in total. The van der Waals surface area contributed by atoms with Crippen LogP contribution in [0.1, 0.15) is 32.1 Å². The summed E-state index contributed by atoms with van der Waals surface area (Å²) in [6.45, 7) is 3.54. The number of carbonyl (C=O) groups is 1. The van der Waals surface area contributed by atoms with Crippen molar-refractivity contribution in [3.05, 3.63) is 12.2 Å². The summed E-state index contributed by atoms with van der Waals surface area (Å²) in [5, 5.41) is 8.66. The van der Waals surface area contributed by atoms with Gasteiger partial charge in [-0.3, -0.25) is 0 Å². The summed E-state index contributed by atoms with van der Waals surface area (Å²) in [7, 11) is 0. The van der Waals surface area contributed by atoms with E-state index in [2.05, 4.69) is 6.58 Å². The minimum absolute atomic E-state index is 0.327. The van der Waals surface area contributed by atoms with Crippen LogP contribution in [0.3, 0.4) is 0 Å². The quantitative estimate of drug-likeness (QED) is 0.552. The van der Waals surface area contributed by atoms with Gasteiger partial charge in [0.2, 0.25) is 0 Å². The van der Waals surface area contributed by atoms with Gasteiger partial charge in [0.05, 0.1) is 12.2 Å². The zero-order valence-electron chi connectivity index (χ0n) is 8.24. The molecular weight excluding hydrogens is 180 g/mol. The minimum Gasteiger partial charge on any atom is -0.478 e. The molecule has 0 aromatic heterocycles. The van der Waals surface area contributed by atoms with E-state index >= 15 is 0 Å². The van der Waals surface area contributed by atoms with Crippen molar-refractivity contribution in [3.8, 4) is 0 Å². The molecule has 1 heterocycles. The van der Waals surface area contributed by atoms with E-state index < -0.39 is 5.97 Å². The molecule has 1 saturated carbocycles. The highest BCUT2D eigenvalue weighted by atomic mass is 16.6. The van der Waals surface area contributed by atoms with Gasteiger partial charge in [-0.1, -0.05) is 13.0 Å². The molecule has 3 heteroatoms. The Kier molecular flexibility index (Phi) is 2.59. The molecule has 0 radical (unpaired) electrons. The Bertz CT molecular complexity index is 259. The summed E-state index contributed by atoms with van der Waals surface area (Å²) >= 11 is 0. The zero-order chi connectivity index (χ0) is 10.1. The number of hydrogen-bond donors (Lipinski definition) is 1. The van der Waals surface area contributed by atoms with Crippen LogP contribution in [0.5, 0.6) is 0 Å². The van der Waals surface area contributed by atoms with Gasteiger partial charge in [0.1, 0.15) is 0 Å². The van der Waals surface area contributed by atoms with Crippen molar-refractivity contribution in [2.75, 3.05) is 0 Å². The highest BCUT2D eigenvalue weighted by Gasteiger charge is 2.46. The lowest BCUT2D eigenvalue weighted by atomic mass is 9.85. The third-order valence-corrected chi connectivity index (χ3v) is 3.27. The SMILES string of the molecule is C=C(CCC1CCCC2OC12)C(=O)O. The molecule has 78 valence electrons. The molecule has 3 unspecified atom stereocenters. The first kappa shape index (κ1) is 9.71. The van der Waals surface area contributed by atoms with Gasteiger partial charge >= 0.3 is 5.97 Å². The molecule has 1 aliphatic carbocycles. The van der Waals surface area contributed by atoms with Crippen LogP contribution in [0.4, 0.5) is 0 Å². The van der Waals surface area contributed by atoms with E-state index in [0.717, 1.165) is 6.42 Å². The van der Waals surface area contributed by atoms with Crippen LogP contribution >= 0.6 is 0 Å². The second-order valence-electron chi connectivity index (χ2n) is 4.28. The lowest BCUT2D eigenvalue weighted by molar-refractivity contribution is -0.132. The maximum atomic E-state index is 10.5. The Morgan fingerprint density at radius 2 is 2.29 bits per heavy atom. The lowest BCUT2D eigenvalue weighted by Gasteiger charge is -2.17. The van der Waals surface area contributed by atoms with Crippen LogP contribution in [-0.2, 0) is 9.53 Å². The number of ether oxygens (including phenoxy) is 1. The third-order valence-electron chi connectivity index (χ3n) is 3.27. The Labute approximate surface area is 83.8 Å². The van der Waals surface area contributed by atoms with Gasteiger partial charge < -0.3 is 9.84 Å². The maximum Gasteiger partial charge on any atom is 0.330 e. The van der Waals surface area contributed by atoms with E-state index in [-0.39, 0.29) is 0 Å². The second kappa shape index (κ2) is 3.73. The molecule has 2 rings (SSSR count). The lowest BCUT2D eigenvalue weighted by Crippen LogP contribution is -2.16. The summed E-state index contributed by atoms with van der Waals surface area (Å²) in [6, 6.07) is 0. The molecule has 1 aliphatic heterocycles. The Morgan fingerprint density at radius 1 is 1.50 bits per heavy atom. The highest BCUT2D eigenvalue weighted by Crippen LogP contribution is 2.42. The van der Waals surface area contributed by atoms with Gasteiger partial charge in [0.25, 0.3) is 0 Å². The number of carboxylic acid groups (broad SMARTS) is 1. The normalized spacial score (nSPS) is 34.7. The van der Waals surface area contributed by atoms with Gasteiger partial charge in [-0.25, -0.2) is 4.79 Å². The van der Waals surface area contributed by atoms with Gasteiger partial charge in [0, 0.05) is 5.57 Å². The monoisotopic (exact) mass is 196 g/mol. The molecule has 2 aliphatic rings. The van der Waals surface area contributed by atoms with Crippen LogP contribution in [0.2, 0.25) is 0 Å². The number of fused-ring (bicyclic) bond motifs is 1. The molecule has 0 aromatic carbocycles. The Balaban J connectivity index is 1.75. The molecule has 0 spiro atoms. The van der Waals surface area contributed by atoms with Crippen molar-refractivity contribution in [1.82, 2.24) is 0 Å². The molecule has 0 aromatic rings. The summed E-state index contributed by atoms with van der Waals surface area (Å²) in [4.78, 5) is 10.5. The molecule has 14 heavy (non-hydrogen) atoms. The van der Waals surface area contributed by atoms with Gasteiger partial charge in [0.15, 0.2) is 0 Å². The van der Waals surface area contributed by atoms with Gasteiger partial charge in [-0.05, 0) is 31.6 Å². The molecule has 3 atom stereocenters. The summed E-state index contributed by atoms with van der Waals surface area (Å²) in [5.74, 6) is -0.293.